The van der Waals surface area contributed by atoms with E-state index >= 15 is 0 Å². The van der Waals surface area contributed by atoms with Crippen molar-refractivity contribution in [2.75, 3.05) is 18.9 Å². The van der Waals surface area contributed by atoms with Crippen LogP contribution in [0.2, 0.25) is 0 Å². The van der Waals surface area contributed by atoms with Crippen molar-refractivity contribution in [3.8, 4) is 0 Å². The third kappa shape index (κ3) is 6.76. The van der Waals surface area contributed by atoms with Gasteiger partial charge in [0.25, 0.3) is 5.91 Å². The van der Waals surface area contributed by atoms with Crippen LogP contribution in [0, 0.1) is 0 Å². The first-order valence-electron chi connectivity index (χ1n) is 7.52. The molecule has 0 aliphatic carbocycles. The Balaban J connectivity index is 1.58. The molecule has 0 aromatic heterocycles. The molecule has 0 saturated heterocycles. The van der Waals surface area contributed by atoms with Crippen LogP contribution in [0.15, 0.2) is 64.0 Å². The van der Waals surface area contributed by atoms with E-state index in [1.807, 2.05) is 18.2 Å². The molecule has 0 atom stereocenters. The van der Waals surface area contributed by atoms with E-state index in [0.717, 1.165) is 16.6 Å². The number of carbonyl (C=O) groups is 2. The van der Waals surface area contributed by atoms with Crippen molar-refractivity contribution in [2.24, 2.45) is 0 Å². The zero-order chi connectivity index (χ0) is 17.2. The van der Waals surface area contributed by atoms with E-state index in [1.165, 1.54) is 4.90 Å². The Kier molecular flexibility index (Phi) is 7.85. The zero-order valence-corrected chi connectivity index (χ0v) is 15.4. The van der Waals surface area contributed by atoms with Gasteiger partial charge >= 0.3 is 5.97 Å². The predicted molar refractivity (Wildman–Crippen MR) is 99.2 cm³/mol. The molecule has 1 amide bonds. The SMILES string of the molecule is O=C(COC(=O)c1ccc(Br)cc1)NCCCSc1ccccc1. The molecule has 0 unspecified atom stereocenters. The van der Waals surface area contributed by atoms with E-state index in [0.29, 0.717) is 12.1 Å². The van der Waals surface area contributed by atoms with Crippen molar-refractivity contribution in [3.63, 3.8) is 0 Å². The summed E-state index contributed by atoms with van der Waals surface area (Å²) in [5.41, 5.74) is 0.422. The Morgan fingerprint density at radius 2 is 1.75 bits per heavy atom. The summed E-state index contributed by atoms with van der Waals surface area (Å²) in [6.45, 7) is 0.301. The molecule has 1 N–H and O–H groups in total. The van der Waals surface area contributed by atoms with E-state index in [-0.39, 0.29) is 12.5 Å². The first-order valence-corrected chi connectivity index (χ1v) is 9.30. The highest BCUT2D eigenvalue weighted by Crippen LogP contribution is 2.17. The number of halogens is 1. The summed E-state index contributed by atoms with van der Waals surface area (Å²) in [6, 6.07) is 16.9. The summed E-state index contributed by atoms with van der Waals surface area (Å²) in [6.07, 6.45) is 0.853. The third-order valence-electron chi connectivity index (χ3n) is 3.07. The molecule has 24 heavy (non-hydrogen) atoms. The second-order valence-electron chi connectivity index (χ2n) is 4.95. The molecule has 0 spiro atoms. The molecule has 0 fully saturated rings. The van der Waals surface area contributed by atoms with Crippen LogP contribution >= 0.6 is 27.7 Å². The number of benzene rings is 2. The van der Waals surface area contributed by atoms with Gasteiger partial charge in [-0.05, 0) is 48.6 Å². The number of amides is 1. The van der Waals surface area contributed by atoms with E-state index in [9.17, 15) is 9.59 Å². The smallest absolute Gasteiger partial charge is 0.338 e. The van der Waals surface area contributed by atoms with Gasteiger partial charge in [-0.25, -0.2) is 4.79 Å². The largest absolute Gasteiger partial charge is 0.452 e. The number of nitrogens with one attached hydrogen (secondary N) is 1. The standard InChI is InChI=1S/C18H18BrNO3S/c19-15-9-7-14(8-10-15)18(22)23-13-17(21)20-11-4-12-24-16-5-2-1-3-6-16/h1-3,5-10H,4,11-13H2,(H,20,21). The Morgan fingerprint density at radius 1 is 1.04 bits per heavy atom. The zero-order valence-electron chi connectivity index (χ0n) is 13.0. The maximum atomic E-state index is 11.8. The Labute approximate surface area is 154 Å². The highest BCUT2D eigenvalue weighted by Gasteiger charge is 2.09. The van der Waals surface area contributed by atoms with Gasteiger partial charge in [0.15, 0.2) is 6.61 Å². The fourth-order valence-electron chi connectivity index (χ4n) is 1.86. The number of hydrogen-bond donors (Lipinski definition) is 1. The summed E-state index contributed by atoms with van der Waals surface area (Å²) in [5, 5.41) is 2.75. The normalized spacial score (nSPS) is 10.2. The molecule has 126 valence electrons. The highest BCUT2D eigenvalue weighted by molar-refractivity contribution is 9.10. The van der Waals surface area contributed by atoms with Gasteiger partial charge in [-0.15, -0.1) is 11.8 Å². The van der Waals surface area contributed by atoms with Crippen molar-refractivity contribution < 1.29 is 14.3 Å². The highest BCUT2D eigenvalue weighted by atomic mass is 79.9. The Hall–Kier alpha value is -1.79. The Bertz CT molecular complexity index is 662. The molecular formula is C18H18BrNO3S. The minimum Gasteiger partial charge on any atom is -0.452 e. The third-order valence-corrected chi connectivity index (χ3v) is 4.70. The molecule has 0 bridgehead atoms. The van der Waals surface area contributed by atoms with Crippen LogP contribution < -0.4 is 5.32 Å². The van der Waals surface area contributed by atoms with Gasteiger partial charge < -0.3 is 10.1 Å². The van der Waals surface area contributed by atoms with Gasteiger partial charge in [-0.3, -0.25) is 4.79 Å². The molecule has 2 aromatic rings. The fraction of sp³-hybridized carbons (Fsp3) is 0.222. The maximum absolute atomic E-state index is 11.8. The average Bonchev–Trinajstić information content (AvgIpc) is 2.61. The second-order valence-corrected chi connectivity index (χ2v) is 7.03. The van der Waals surface area contributed by atoms with Crippen LogP contribution in [0.25, 0.3) is 0 Å². The Morgan fingerprint density at radius 3 is 2.46 bits per heavy atom. The van der Waals surface area contributed by atoms with Crippen molar-refractivity contribution in [1.82, 2.24) is 5.32 Å². The molecule has 0 radical (unpaired) electrons. The van der Waals surface area contributed by atoms with Gasteiger partial charge in [-0.2, -0.15) is 0 Å². The predicted octanol–water partition coefficient (Wildman–Crippen LogP) is 3.90. The molecule has 0 saturated carbocycles. The molecule has 0 aliphatic rings. The number of hydrogen-bond acceptors (Lipinski definition) is 4. The van der Waals surface area contributed by atoms with E-state index < -0.39 is 5.97 Å². The van der Waals surface area contributed by atoms with Crippen LogP contribution in [0.3, 0.4) is 0 Å². The molecular weight excluding hydrogens is 390 g/mol. The van der Waals surface area contributed by atoms with Crippen molar-refractivity contribution >= 4 is 39.6 Å². The second kappa shape index (κ2) is 10.2. The lowest BCUT2D eigenvalue weighted by Crippen LogP contribution is -2.29. The number of carbonyl (C=O) groups excluding carboxylic acids is 2. The van der Waals surface area contributed by atoms with Crippen LogP contribution in [0.5, 0.6) is 0 Å². The first-order chi connectivity index (χ1) is 11.6. The fourth-order valence-corrected chi connectivity index (χ4v) is 3.00. The van der Waals surface area contributed by atoms with Gasteiger partial charge in [0.05, 0.1) is 5.56 Å². The monoisotopic (exact) mass is 407 g/mol. The van der Waals surface area contributed by atoms with E-state index in [1.54, 1.807) is 36.0 Å². The van der Waals surface area contributed by atoms with Crippen LogP contribution in [-0.2, 0) is 9.53 Å². The lowest BCUT2D eigenvalue weighted by molar-refractivity contribution is -0.124. The van der Waals surface area contributed by atoms with E-state index in [2.05, 4.69) is 33.4 Å². The van der Waals surface area contributed by atoms with Gasteiger partial charge in [0.2, 0.25) is 0 Å². The number of thioether (sulfide) groups is 1. The minimum atomic E-state index is -0.503. The summed E-state index contributed by atoms with van der Waals surface area (Å²) in [4.78, 5) is 24.7. The first kappa shape index (κ1) is 18.5. The van der Waals surface area contributed by atoms with Crippen LogP contribution in [-0.4, -0.2) is 30.8 Å². The van der Waals surface area contributed by atoms with Crippen molar-refractivity contribution in [3.05, 3.63) is 64.6 Å². The molecule has 2 rings (SSSR count). The van der Waals surface area contributed by atoms with Gasteiger partial charge in [-0.1, -0.05) is 34.1 Å². The van der Waals surface area contributed by atoms with Crippen LogP contribution in [0.4, 0.5) is 0 Å². The molecule has 2 aromatic carbocycles. The van der Waals surface area contributed by atoms with Crippen LogP contribution in [0.1, 0.15) is 16.8 Å². The summed E-state index contributed by atoms with van der Waals surface area (Å²) in [5.74, 6) is 0.130. The topological polar surface area (TPSA) is 55.4 Å². The molecule has 0 aliphatic heterocycles. The maximum Gasteiger partial charge on any atom is 0.338 e. The summed E-state index contributed by atoms with van der Waals surface area (Å²) < 4.78 is 5.86. The number of rotatable bonds is 8. The number of ether oxygens (including phenoxy) is 1. The average molecular weight is 408 g/mol. The lowest BCUT2D eigenvalue weighted by Gasteiger charge is -2.07. The lowest BCUT2D eigenvalue weighted by atomic mass is 10.2. The van der Waals surface area contributed by atoms with Crippen molar-refractivity contribution in [1.29, 1.82) is 0 Å². The van der Waals surface area contributed by atoms with Gasteiger partial charge in [0, 0.05) is 15.9 Å². The number of esters is 1. The molecule has 4 nitrogen and oxygen atoms in total. The summed E-state index contributed by atoms with van der Waals surface area (Å²) in [7, 11) is 0. The quantitative estimate of drug-likeness (QED) is 0.409. The molecule has 6 heteroatoms. The van der Waals surface area contributed by atoms with E-state index in [4.69, 9.17) is 4.74 Å². The summed E-state index contributed by atoms with van der Waals surface area (Å²) >= 11 is 5.04. The molecule has 0 heterocycles. The van der Waals surface area contributed by atoms with Crippen molar-refractivity contribution in [2.45, 2.75) is 11.3 Å². The van der Waals surface area contributed by atoms with Gasteiger partial charge in [0.1, 0.15) is 0 Å². The minimum absolute atomic E-state index is 0.263.